The number of nitrogen functional groups attached to an aromatic ring is 1. The summed E-state index contributed by atoms with van der Waals surface area (Å²) in [4.78, 5) is 13.8. The van der Waals surface area contributed by atoms with Crippen LogP contribution in [0, 0.1) is 11.8 Å². The number of anilines is 2. The number of Topliss-reactive ketones (excluding diaryl/α,β-unsaturated/α-hetero) is 1. The first-order valence-electron chi connectivity index (χ1n) is 7.64. The Labute approximate surface area is 122 Å². The fourth-order valence-electron chi connectivity index (χ4n) is 3.11. The summed E-state index contributed by atoms with van der Waals surface area (Å²) in [6.45, 7) is 8.37. The summed E-state index contributed by atoms with van der Waals surface area (Å²) in [7, 11) is 0. The van der Waals surface area contributed by atoms with Gasteiger partial charge in [0, 0.05) is 30.0 Å². The number of hydrogen-bond donors (Lipinski definition) is 1. The second kappa shape index (κ2) is 6.29. The highest BCUT2D eigenvalue weighted by molar-refractivity contribution is 5.99. The van der Waals surface area contributed by atoms with Gasteiger partial charge in [0.25, 0.3) is 0 Å². The van der Waals surface area contributed by atoms with Gasteiger partial charge in [0.15, 0.2) is 5.78 Å². The normalized spacial score (nSPS) is 20.0. The lowest BCUT2D eigenvalue weighted by Gasteiger charge is -2.24. The van der Waals surface area contributed by atoms with Crippen molar-refractivity contribution in [2.75, 3.05) is 23.7 Å². The van der Waals surface area contributed by atoms with Gasteiger partial charge in [0.05, 0.1) is 0 Å². The van der Waals surface area contributed by atoms with Crippen molar-refractivity contribution in [3.05, 3.63) is 23.8 Å². The summed E-state index contributed by atoms with van der Waals surface area (Å²) < 4.78 is 0. The van der Waals surface area contributed by atoms with Gasteiger partial charge >= 0.3 is 0 Å². The zero-order valence-corrected chi connectivity index (χ0v) is 12.9. The second-order valence-corrected chi connectivity index (χ2v) is 6.25. The molecule has 1 saturated heterocycles. The molecule has 1 heterocycles. The predicted molar refractivity (Wildman–Crippen MR) is 85.3 cm³/mol. The van der Waals surface area contributed by atoms with Gasteiger partial charge < -0.3 is 10.6 Å². The average Bonchev–Trinajstić information content (AvgIpc) is 2.63. The third kappa shape index (κ3) is 3.33. The number of rotatable bonds is 3. The number of ketones is 1. The van der Waals surface area contributed by atoms with E-state index in [1.807, 2.05) is 18.2 Å². The van der Waals surface area contributed by atoms with E-state index in [1.54, 1.807) is 6.92 Å². The van der Waals surface area contributed by atoms with E-state index in [0.717, 1.165) is 30.6 Å². The maximum absolute atomic E-state index is 11.4. The molecule has 1 aromatic carbocycles. The number of nitrogens with zero attached hydrogens (tertiary/aromatic N) is 1. The Morgan fingerprint density at radius 1 is 1.30 bits per heavy atom. The first kappa shape index (κ1) is 14.9. The second-order valence-electron chi connectivity index (χ2n) is 6.25. The Kier molecular flexibility index (Phi) is 4.69. The van der Waals surface area contributed by atoms with Crippen LogP contribution in [0.15, 0.2) is 18.2 Å². The summed E-state index contributed by atoms with van der Waals surface area (Å²) in [6, 6.07) is 5.84. The van der Waals surface area contributed by atoms with Crippen molar-refractivity contribution in [2.45, 2.75) is 40.0 Å². The maximum Gasteiger partial charge on any atom is 0.161 e. The minimum atomic E-state index is 0.0322. The van der Waals surface area contributed by atoms with Gasteiger partial charge in [-0.15, -0.1) is 0 Å². The summed E-state index contributed by atoms with van der Waals surface area (Å²) >= 11 is 0. The zero-order valence-electron chi connectivity index (χ0n) is 12.9. The molecule has 20 heavy (non-hydrogen) atoms. The Bertz CT molecular complexity index is 482. The molecule has 1 aliphatic heterocycles. The molecule has 3 nitrogen and oxygen atoms in total. The molecule has 0 bridgehead atoms. The largest absolute Gasteiger partial charge is 0.398 e. The topological polar surface area (TPSA) is 46.3 Å². The summed E-state index contributed by atoms with van der Waals surface area (Å²) in [6.07, 6.45) is 3.79. The zero-order chi connectivity index (χ0) is 14.7. The van der Waals surface area contributed by atoms with Gasteiger partial charge in [0.1, 0.15) is 0 Å². The molecular formula is C17H26N2O. The molecule has 2 N–H and O–H groups in total. The first-order chi connectivity index (χ1) is 9.49. The van der Waals surface area contributed by atoms with Gasteiger partial charge in [-0.3, -0.25) is 4.79 Å². The van der Waals surface area contributed by atoms with Gasteiger partial charge in [-0.05, 0) is 56.2 Å². The highest BCUT2D eigenvalue weighted by atomic mass is 16.1. The molecule has 1 unspecified atom stereocenters. The van der Waals surface area contributed by atoms with Crippen molar-refractivity contribution in [1.29, 1.82) is 0 Å². The molecule has 0 aromatic heterocycles. The highest BCUT2D eigenvalue weighted by Crippen LogP contribution is 2.29. The lowest BCUT2D eigenvalue weighted by atomic mass is 9.89. The van der Waals surface area contributed by atoms with Crippen LogP contribution in [-0.2, 0) is 0 Å². The van der Waals surface area contributed by atoms with Gasteiger partial charge in [-0.1, -0.05) is 13.8 Å². The number of carbonyl (C=O) groups excluding carboxylic acids is 1. The van der Waals surface area contributed by atoms with Gasteiger partial charge in [-0.2, -0.15) is 0 Å². The van der Waals surface area contributed by atoms with Crippen LogP contribution in [-0.4, -0.2) is 18.9 Å². The van der Waals surface area contributed by atoms with Crippen LogP contribution in [0.5, 0.6) is 0 Å². The van der Waals surface area contributed by atoms with Crippen molar-refractivity contribution in [3.63, 3.8) is 0 Å². The molecule has 0 spiro atoms. The molecular weight excluding hydrogens is 248 g/mol. The van der Waals surface area contributed by atoms with E-state index in [9.17, 15) is 4.79 Å². The fraction of sp³-hybridized carbons (Fsp3) is 0.588. The Hall–Kier alpha value is -1.51. The molecule has 1 fully saturated rings. The maximum atomic E-state index is 11.4. The lowest BCUT2D eigenvalue weighted by molar-refractivity contribution is 0.101. The van der Waals surface area contributed by atoms with Crippen LogP contribution in [0.2, 0.25) is 0 Å². The number of benzene rings is 1. The number of hydrogen-bond acceptors (Lipinski definition) is 3. The van der Waals surface area contributed by atoms with E-state index in [2.05, 4.69) is 18.7 Å². The summed E-state index contributed by atoms with van der Waals surface area (Å²) in [5, 5.41) is 0. The molecule has 0 aliphatic carbocycles. The monoisotopic (exact) mass is 274 g/mol. The molecule has 1 aliphatic rings. The van der Waals surface area contributed by atoms with E-state index in [-0.39, 0.29) is 5.78 Å². The van der Waals surface area contributed by atoms with Crippen molar-refractivity contribution in [1.82, 2.24) is 0 Å². The SMILES string of the molecule is CC(=O)c1ccc(N2CCCC(C(C)C)CC2)cc1N. The molecule has 1 atom stereocenters. The third-order valence-corrected chi connectivity index (χ3v) is 4.50. The van der Waals surface area contributed by atoms with Crippen molar-refractivity contribution >= 4 is 17.2 Å². The van der Waals surface area contributed by atoms with Crippen LogP contribution in [0.4, 0.5) is 11.4 Å². The molecule has 110 valence electrons. The quantitative estimate of drug-likeness (QED) is 0.674. The first-order valence-corrected chi connectivity index (χ1v) is 7.64. The Morgan fingerprint density at radius 2 is 2.05 bits per heavy atom. The highest BCUT2D eigenvalue weighted by Gasteiger charge is 2.20. The smallest absolute Gasteiger partial charge is 0.161 e. The average molecular weight is 274 g/mol. The molecule has 0 amide bonds. The van der Waals surface area contributed by atoms with Gasteiger partial charge in [0.2, 0.25) is 0 Å². The Balaban J connectivity index is 2.12. The van der Waals surface area contributed by atoms with E-state index >= 15 is 0 Å². The van der Waals surface area contributed by atoms with Crippen LogP contribution in [0.3, 0.4) is 0 Å². The fourth-order valence-corrected chi connectivity index (χ4v) is 3.11. The number of nitrogens with two attached hydrogens (primary N) is 1. The van der Waals surface area contributed by atoms with E-state index in [1.165, 1.54) is 19.3 Å². The summed E-state index contributed by atoms with van der Waals surface area (Å²) in [5.74, 6) is 1.62. The van der Waals surface area contributed by atoms with Gasteiger partial charge in [-0.25, -0.2) is 0 Å². The summed E-state index contributed by atoms with van der Waals surface area (Å²) in [5.41, 5.74) is 8.37. The van der Waals surface area contributed by atoms with E-state index in [4.69, 9.17) is 5.73 Å². The van der Waals surface area contributed by atoms with E-state index < -0.39 is 0 Å². The van der Waals surface area contributed by atoms with E-state index in [0.29, 0.717) is 11.3 Å². The minimum Gasteiger partial charge on any atom is -0.398 e. The molecule has 0 saturated carbocycles. The van der Waals surface area contributed by atoms with Crippen LogP contribution in [0.25, 0.3) is 0 Å². The number of carbonyl (C=O) groups is 1. The predicted octanol–water partition coefficient (Wildman–Crippen LogP) is 3.73. The van der Waals surface area contributed by atoms with Crippen molar-refractivity contribution in [2.24, 2.45) is 11.8 Å². The molecule has 0 radical (unpaired) electrons. The Morgan fingerprint density at radius 3 is 2.65 bits per heavy atom. The third-order valence-electron chi connectivity index (χ3n) is 4.50. The molecule has 3 heteroatoms. The van der Waals surface area contributed by atoms with Crippen molar-refractivity contribution < 1.29 is 4.79 Å². The standard InChI is InChI=1S/C17H26N2O/c1-12(2)14-5-4-9-19(10-8-14)15-6-7-16(13(3)20)17(18)11-15/h6-7,11-12,14H,4-5,8-10,18H2,1-3H3. The van der Waals surface area contributed by atoms with Crippen LogP contribution in [0.1, 0.15) is 50.4 Å². The molecule has 1 aromatic rings. The van der Waals surface area contributed by atoms with Crippen LogP contribution < -0.4 is 10.6 Å². The molecule has 2 rings (SSSR count). The lowest BCUT2D eigenvalue weighted by Crippen LogP contribution is -2.24. The van der Waals surface area contributed by atoms with Crippen molar-refractivity contribution in [3.8, 4) is 0 Å². The van der Waals surface area contributed by atoms with Crippen LogP contribution >= 0.6 is 0 Å². The minimum absolute atomic E-state index is 0.0322.